The number of aryl methyl sites for hydroxylation is 1. The third-order valence-corrected chi connectivity index (χ3v) is 5.55. The van der Waals surface area contributed by atoms with Crippen LogP contribution in [0, 0.1) is 5.92 Å². The van der Waals surface area contributed by atoms with Crippen LogP contribution in [-0.2, 0) is 19.6 Å². The second kappa shape index (κ2) is 7.08. The van der Waals surface area contributed by atoms with E-state index in [0.29, 0.717) is 6.04 Å². The Kier molecular flexibility index (Phi) is 4.67. The molecule has 24 heavy (non-hydrogen) atoms. The van der Waals surface area contributed by atoms with Crippen molar-refractivity contribution < 1.29 is 0 Å². The summed E-state index contributed by atoms with van der Waals surface area (Å²) in [7, 11) is 0. The van der Waals surface area contributed by atoms with Crippen LogP contribution >= 0.6 is 0 Å². The molecule has 4 heterocycles. The smallest absolute Gasteiger partial charge is 0.0534 e. The van der Waals surface area contributed by atoms with E-state index >= 15 is 0 Å². The van der Waals surface area contributed by atoms with Gasteiger partial charge in [-0.3, -0.25) is 14.5 Å². The fourth-order valence-electron chi connectivity index (χ4n) is 4.34. The van der Waals surface area contributed by atoms with Gasteiger partial charge in [0.1, 0.15) is 0 Å². The maximum Gasteiger partial charge on any atom is 0.0534 e. The highest BCUT2D eigenvalue weighted by atomic mass is 15.3. The molecule has 0 unspecified atom stereocenters. The van der Waals surface area contributed by atoms with Gasteiger partial charge in [-0.25, -0.2) is 0 Å². The van der Waals surface area contributed by atoms with Crippen molar-refractivity contribution in [3.8, 4) is 0 Å². The van der Waals surface area contributed by atoms with Gasteiger partial charge in [-0.15, -0.1) is 0 Å². The minimum atomic E-state index is 0.699. The second-order valence-corrected chi connectivity index (χ2v) is 7.41. The van der Waals surface area contributed by atoms with Crippen LogP contribution in [0.15, 0.2) is 42.7 Å². The van der Waals surface area contributed by atoms with E-state index in [1.807, 2.05) is 10.9 Å². The summed E-state index contributed by atoms with van der Waals surface area (Å²) < 4.78 is 2.03. The van der Waals surface area contributed by atoms with E-state index in [2.05, 4.69) is 58.4 Å². The van der Waals surface area contributed by atoms with Gasteiger partial charge in [0.15, 0.2) is 0 Å². The van der Waals surface area contributed by atoms with Gasteiger partial charge in [0.05, 0.1) is 6.20 Å². The molecule has 1 aromatic heterocycles. The lowest BCUT2D eigenvalue weighted by molar-refractivity contribution is 0.123. The molecule has 5 rings (SSSR count). The lowest BCUT2D eigenvalue weighted by atomic mass is 9.94. The molecular formula is C20H28N4. The van der Waals surface area contributed by atoms with Crippen LogP contribution in [0.4, 0.5) is 0 Å². The van der Waals surface area contributed by atoms with Gasteiger partial charge in [0, 0.05) is 57.1 Å². The molecule has 2 aromatic rings. The largest absolute Gasteiger partial charge is 0.297 e. The van der Waals surface area contributed by atoms with Crippen LogP contribution in [0.25, 0.3) is 0 Å². The van der Waals surface area contributed by atoms with Gasteiger partial charge in [0.25, 0.3) is 0 Å². The Balaban J connectivity index is 1.42. The van der Waals surface area contributed by atoms with Crippen molar-refractivity contribution in [2.45, 2.75) is 45.4 Å². The topological polar surface area (TPSA) is 24.3 Å². The lowest BCUT2D eigenvalue weighted by Gasteiger charge is -2.36. The molecule has 2 bridgehead atoms. The van der Waals surface area contributed by atoms with Crippen molar-refractivity contribution in [3.05, 3.63) is 53.9 Å². The quantitative estimate of drug-likeness (QED) is 0.845. The Hall–Kier alpha value is -1.65. The highest BCUT2D eigenvalue weighted by Gasteiger charge is 2.34. The molecule has 0 amide bonds. The van der Waals surface area contributed by atoms with E-state index in [1.165, 1.54) is 43.6 Å². The minimum Gasteiger partial charge on any atom is -0.297 e. The van der Waals surface area contributed by atoms with Crippen LogP contribution in [0.1, 0.15) is 30.9 Å². The normalized spacial score (nSPS) is 25.0. The Bertz CT molecular complexity index is 651. The van der Waals surface area contributed by atoms with Crippen LogP contribution < -0.4 is 0 Å². The summed E-state index contributed by atoms with van der Waals surface area (Å²) in [5, 5.41) is 4.43. The first-order valence-electron chi connectivity index (χ1n) is 9.32. The number of fused-ring (bicyclic) bond motifs is 4. The van der Waals surface area contributed by atoms with E-state index in [0.717, 1.165) is 25.6 Å². The summed E-state index contributed by atoms with van der Waals surface area (Å²) in [5.41, 5.74) is 2.80. The van der Waals surface area contributed by atoms with Gasteiger partial charge < -0.3 is 0 Å². The van der Waals surface area contributed by atoms with Crippen LogP contribution in [-0.4, -0.2) is 45.3 Å². The summed E-state index contributed by atoms with van der Waals surface area (Å²) >= 11 is 0. The summed E-state index contributed by atoms with van der Waals surface area (Å²) in [6.07, 6.45) is 6.98. The molecule has 0 N–H and O–H groups in total. The fourth-order valence-corrected chi connectivity index (χ4v) is 4.34. The highest BCUT2D eigenvalue weighted by Crippen LogP contribution is 2.29. The minimum absolute atomic E-state index is 0.699. The molecule has 0 saturated carbocycles. The molecule has 4 nitrogen and oxygen atoms in total. The first kappa shape index (κ1) is 15.9. The zero-order valence-corrected chi connectivity index (χ0v) is 14.6. The summed E-state index contributed by atoms with van der Waals surface area (Å²) in [4.78, 5) is 5.38. The number of benzene rings is 1. The van der Waals surface area contributed by atoms with E-state index in [9.17, 15) is 0 Å². The molecule has 3 aliphatic heterocycles. The Morgan fingerprint density at radius 2 is 1.88 bits per heavy atom. The van der Waals surface area contributed by atoms with Crippen molar-refractivity contribution >= 4 is 0 Å². The molecule has 0 spiro atoms. The SMILES string of the molecule is CCn1cc(CN2C[C@@H]3CC[C@H](C2)N(Cc2ccccc2)C3)cn1. The van der Waals surface area contributed by atoms with Crippen molar-refractivity contribution in [3.63, 3.8) is 0 Å². The molecule has 128 valence electrons. The van der Waals surface area contributed by atoms with Crippen molar-refractivity contribution in [1.82, 2.24) is 19.6 Å². The summed E-state index contributed by atoms with van der Waals surface area (Å²) in [5.74, 6) is 0.814. The summed E-state index contributed by atoms with van der Waals surface area (Å²) in [6.45, 7) is 8.93. The fraction of sp³-hybridized carbons (Fsp3) is 0.550. The van der Waals surface area contributed by atoms with Gasteiger partial charge in [-0.1, -0.05) is 30.3 Å². The number of rotatable bonds is 5. The van der Waals surface area contributed by atoms with Gasteiger partial charge in [-0.05, 0) is 31.2 Å². The monoisotopic (exact) mass is 324 g/mol. The van der Waals surface area contributed by atoms with Gasteiger partial charge in [0.2, 0.25) is 0 Å². The number of hydrogen-bond acceptors (Lipinski definition) is 3. The van der Waals surface area contributed by atoms with Crippen molar-refractivity contribution in [1.29, 1.82) is 0 Å². The second-order valence-electron chi connectivity index (χ2n) is 7.41. The van der Waals surface area contributed by atoms with Gasteiger partial charge in [-0.2, -0.15) is 5.10 Å². The molecule has 0 aliphatic carbocycles. The van der Waals surface area contributed by atoms with E-state index < -0.39 is 0 Å². The molecule has 1 aromatic carbocycles. The zero-order valence-electron chi connectivity index (χ0n) is 14.6. The first-order chi connectivity index (χ1) is 11.8. The molecule has 0 radical (unpaired) electrons. The molecule has 3 aliphatic rings. The van der Waals surface area contributed by atoms with Crippen molar-refractivity contribution in [2.75, 3.05) is 19.6 Å². The molecule has 4 heteroatoms. The Morgan fingerprint density at radius 1 is 1.00 bits per heavy atom. The Morgan fingerprint density at radius 3 is 2.67 bits per heavy atom. The van der Waals surface area contributed by atoms with Crippen LogP contribution in [0.2, 0.25) is 0 Å². The van der Waals surface area contributed by atoms with E-state index in [4.69, 9.17) is 0 Å². The highest BCUT2D eigenvalue weighted by molar-refractivity contribution is 5.15. The number of hydrogen-bond donors (Lipinski definition) is 0. The zero-order chi connectivity index (χ0) is 16.4. The third kappa shape index (κ3) is 3.55. The van der Waals surface area contributed by atoms with Crippen molar-refractivity contribution in [2.24, 2.45) is 5.92 Å². The average Bonchev–Trinajstić information content (AvgIpc) is 2.88. The first-order valence-corrected chi connectivity index (χ1v) is 9.32. The lowest BCUT2D eigenvalue weighted by Crippen LogP contribution is -2.43. The van der Waals surface area contributed by atoms with E-state index in [-0.39, 0.29) is 0 Å². The molecule has 3 fully saturated rings. The predicted octanol–water partition coefficient (Wildman–Crippen LogP) is 3.00. The average molecular weight is 324 g/mol. The molecule has 2 atom stereocenters. The molecule has 3 saturated heterocycles. The number of aromatic nitrogens is 2. The third-order valence-electron chi connectivity index (χ3n) is 5.55. The maximum absolute atomic E-state index is 4.43. The predicted molar refractivity (Wildman–Crippen MR) is 96.5 cm³/mol. The maximum atomic E-state index is 4.43. The van der Waals surface area contributed by atoms with Crippen LogP contribution in [0.5, 0.6) is 0 Å². The summed E-state index contributed by atoms with van der Waals surface area (Å²) in [6, 6.07) is 11.6. The Labute approximate surface area is 145 Å². The standard InChI is InChI=1S/C20H28N4/c1-2-24-15-19(10-21-24)12-22-11-18-8-9-20(16-22)23(14-18)13-17-6-4-3-5-7-17/h3-7,10,15,18,20H,2,8-9,11-14,16H2,1H3/t18-,20+/m0/s1. The molecular weight excluding hydrogens is 296 g/mol. The number of piperidine rings is 1. The number of nitrogens with zero attached hydrogens (tertiary/aromatic N) is 4. The van der Waals surface area contributed by atoms with E-state index in [1.54, 1.807) is 0 Å². The van der Waals surface area contributed by atoms with Crippen LogP contribution in [0.3, 0.4) is 0 Å². The van der Waals surface area contributed by atoms with Gasteiger partial charge >= 0.3 is 0 Å².